The van der Waals surface area contributed by atoms with E-state index in [4.69, 9.17) is 21.9 Å². The molecule has 120 valence electrons. The molecule has 22 heavy (non-hydrogen) atoms. The smallest absolute Gasteiger partial charge is 0.338 e. The highest BCUT2D eigenvalue weighted by molar-refractivity contribution is 6.03. The summed E-state index contributed by atoms with van der Waals surface area (Å²) in [5.41, 5.74) is 14.6. The molecular weight excluding hydrogens is 288 g/mol. The van der Waals surface area contributed by atoms with Crippen molar-refractivity contribution >= 4 is 17.9 Å². The summed E-state index contributed by atoms with van der Waals surface area (Å²) in [7, 11) is 0. The van der Waals surface area contributed by atoms with Gasteiger partial charge in [0.25, 0.3) is 0 Å². The molecule has 0 saturated heterocycles. The van der Waals surface area contributed by atoms with Gasteiger partial charge in [-0.05, 0) is 18.4 Å². The normalized spacial score (nSPS) is 13.0. The fraction of sp³-hybridized carbons (Fsp3) is 0.357. The summed E-state index contributed by atoms with van der Waals surface area (Å²) >= 11 is 0. The maximum absolute atomic E-state index is 12.0. The number of carbonyl (C=O) groups is 2. The van der Waals surface area contributed by atoms with Crippen LogP contribution in [0.2, 0.25) is 0 Å². The predicted octanol–water partition coefficient (Wildman–Crippen LogP) is -0.434. The second-order valence-electron chi connectivity index (χ2n) is 4.75. The van der Waals surface area contributed by atoms with Crippen LogP contribution in [0.5, 0.6) is 0 Å². The zero-order valence-corrected chi connectivity index (χ0v) is 12.1. The summed E-state index contributed by atoms with van der Waals surface area (Å²) in [5, 5.41) is 9.20. The van der Waals surface area contributed by atoms with Gasteiger partial charge in [-0.25, -0.2) is 9.59 Å². The van der Waals surface area contributed by atoms with Crippen molar-refractivity contribution in [1.82, 2.24) is 0 Å². The number of ether oxygens (including phenoxy) is 1. The second kappa shape index (κ2) is 7.99. The summed E-state index contributed by atoms with van der Waals surface area (Å²) in [5.74, 6) is -2.55. The molecule has 0 heterocycles. The number of rotatable bonds is 8. The monoisotopic (exact) mass is 308 g/mol. The van der Waals surface area contributed by atoms with Gasteiger partial charge in [0.15, 0.2) is 5.96 Å². The fourth-order valence-corrected chi connectivity index (χ4v) is 1.71. The number of carboxylic acid groups (broad SMARTS) is 1. The van der Waals surface area contributed by atoms with Gasteiger partial charge in [0, 0.05) is 6.54 Å². The molecule has 0 aliphatic carbocycles. The third kappa shape index (κ3) is 5.06. The van der Waals surface area contributed by atoms with E-state index in [1.807, 2.05) is 6.07 Å². The van der Waals surface area contributed by atoms with E-state index in [9.17, 15) is 14.7 Å². The molecule has 0 bridgehead atoms. The summed E-state index contributed by atoms with van der Waals surface area (Å²) < 4.78 is 5.00. The quantitative estimate of drug-likeness (QED) is 0.167. The van der Waals surface area contributed by atoms with Crippen molar-refractivity contribution in [3.05, 3.63) is 35.9 Å². The van der Waals surface area contributed by atoms with Gasteiger partial charge in [-0.15, -0.1) is 0 Å². The van der Waals surface area contributed by atoms with E-state index in [1.165, 1.54) is 0 Å². The van der Waals surface area contributed by atoms with E-state index >= 15 is 0 Å². The van der Waals surface area contributed by atoms with Crippen LogP contribution in [0.1, 0.15) is 18.4 Å². The first kappa shape index (κ1) is 17.4. The van der Waals surface area contributed by atoms with Gasteiger partial charge in [-0.1, -0.05) is 30.3 Å². The van der Waals surface area contributed by atoms with E-state index in [1.54, 1.807) is 24.3 Å². The van der Waals surface area contributed by atoms with E-state index < -0.39 is 17.5 Å². The molecule has 0 aliphatic rings. The van der Waals surface area contributed by atoms with Gasteiger partial charge in [0.1, 0.15) is 6.61 Å². The molecule has 8 nitrogen and oxygen atoms in total. The molecule has 0 aromatic heterocycles. The van der Waals surface area contributed by atoms with Crippen molar-refractivity contribution < 1.29 is 19.4 Å². The van der Waals surface area contributed by atoms with Crippen LogP contribution in [-0.4, -0.2) is 35.1 Å². The Morgan fingerprint density at radius 2 is 1.86 bits per heavy atom. The maximum Gasteiger partial charge on any atom is 0.338 e. The fourth-order valence-electron chi connectivity index (χ4n) is 1.71. The Morgan fingerprint density at radius 1 is 1.23 bits per heavy atom. The molecule has 1 aromatic carbocycles. The van der Waals surface area contributed by atoms with Crippen LogP contribution in [0, 0.1) is 0 Å². The topological polar surface area (TPSA) is 154 Å². The van der Waals surface area contributed by atoms with Gasteiger partial charge in [0.2, 0.25) is 5.54 Å². The van der Waals surface area contributed by atoms with Gasteiger partial charge < -0.3 is 27.0 Å². The molecular formula is C14H20N4O4. The summed E-state index contributed by atoms with van der Waals surface area (Å²) in [4.78, 5) is 27.0. The molecule has 1 aromatic rings. The van der Waals surface area contributed by atoms with Crippen LogP contribution in [0.3, 0.4) is 0 Å². The van der Waals surface area contributed by atoms with Gasteiger partial charge in [-0.2, -0.15) is 0 Å². The zero-order valence-electron chi connectivity index (χ0n) is 12.1. The van der Waals surface area contributed by atoms with Crippen molar-refractivity contribution in [2.75, 3.05) is 6.54 Å². The van der Waals surface area contributed by atoms with Crippen molar-refractivity contribution in [3.8, 4) is 0 Å². The Balaban J connectivity index is 2.62. The summed E-state index contributed by atoms with van der Waals surface area (Å²) in [6, 6.07) is 8.89. The number of aliphatic carboxylic acids is 1. The number of carboxylic acids is 1. The highest BCUT2D eigenvalue weighted by Gasteiger charge is 2.43. The predicted molar refractivity (Wildman–Crippen MR) is 80.7 cm³/mol. The van der Waals surface area contributed by atoms with Gasteiger partial charge in [0.05, 0.1) is 0 Å². The molecule has 0 radical (unpaired) electrons. The van der Waals surface area contributed by atoms with Crippen LogP contribution in [0.15, 0.2) is 35.3 Å². The SMILES string of the molecule is NC(N)=NCCC[C@](N)(C(=O)O)C(=O)OCc1ccccc1. The first-order valence-electron chi connectivity index (χ1n) is 6.65. The average molecular weight is 308 g/mol. The minimum Gasteiger partial charge on any atom is -0.479 e. The van der Waals surface area contributed by atoms with Crippen molar-refractivity contribution in [3.63, 3.8) is 0 Å². The van der Waals surface area contributed by atoms with Crippen LogP contribution in [0.25, 0.3) is 0 Å². The standard InChI is InChI=1S/C14H20N4O4/c15-13(16)18-8-4-7-14(17,11(19)20)12(21)22-9-10-5-2-1-3-6-10/h1-3,5-6H,4,7-9,17H2,(H,19,20)(H4,15,16,18)/t14-/m0/s1. The number of nitrogens with two attached hydrogens (primary N) is 3. The molecule has 7 N–H and O–H groups in total. The molecule has 8 heteroatoms. The molecule has 0 unspecified atom stereocenters. The Labute approximate surface area is 127 Å². The minimum atomic E-state index is -2.12. The molecule has 0 aliphatic heterocycles. The van der Waals surface area contributed by atoms with E-state index in [0.717, 1.165) is 5.56 Å². The third-order valence-electron chi connectivity index (χ3n) is 2.98. The number of guanidine groups is 1. The molecule has 1 rings (SSSR count). The van der Waals surface area contributed by atoms with Gasteiger partial charge >= 0.3 is 11.9 Å². The van der Waals surface area contributed by atoms with Crippen LogP contribution < -0.4 is 17.2 Å². The Kier molecular flexibility index (Phi) is 6.33. The number of esters is 1. The number of benzene rings is 1. The Bertz CT molecular complexity index is 543. The average Bonchev–Trinajstić information content (AvgIpc) is 2.49. The first-order valence-corrected chi connectivity index (χ1v) is 6.65. The number of hydrogen-bond acceptors (Lipinski definition) is 5. The number of nitrogens with zero attached hydrogens (tertiary/aromatic N) is 1. The van der Waals surface area contributed by atoms with E-state index in [2.05, 4.69) is 4.99 Å². The summed E-state index contributed by atoms with van der Waals surface area (Å²) in [6.45, 7) is 0.139. The lowest BCUT2D eigenvalue weighted by molar-refractivity contribution is -0.162. The van der Waals surface area contributed by atoms with E-state index in [0.29, 0.717) is 0 Å². The van der Waals surface area contributed by atoms with Crippen LogP contribution in [-0.2, 0) is 20.9 Å². The highest BCUT2D eigenvalue weighted by Crippen LogP contribution is 2.14. The second-order valence-corrected chi connectivity index (χ2v) is 4.75. The molecule has 0 spiro atoms. The van der Waals surface area contributed by atoms with Crippen LogP contribution in [0.4, 0.5) is 0 Å². The molecule has 0 fully saturated rings. The lowest BCUT2D eigenvalue weighted by Gasteiger charge is -2.22. The van der Waals surface area contributed by atoms with Gasteiger partial charge in [-0.3, -0.25) is 4.99 Å². The van der Waals surface area contributed by atoms with E-state index in [-0.39, 0.29) is 32.0 Å². The largest absolute Gasteiger partial charge is 0.479 e. The number of aliphatic imine (C=N–C) groups is 1. The maximum atomic E-state index is 12.0. The van der Waals surface area contributed by atoms with Crippen molar-refractivity contribution in [1.29, 1.82) is 0 Å². The summed E-state index contributed by atoms with van der Waals surface area (Å²) in [6.07, 6.45) is 0.105. The lowest BCUT2D eigenvalue weighted by Crippen LogP contribution is -2.55. The Morgan fingerprint density at radius 3 is 2.41 bits per heavy atom. The third-order valence-corrected chi connectivity index (χ3v) is 2.98. The first-order chi connectivity index (χ1) is 10.4. The molecule has 0 amide bonds. The lowest BCUT2D eigenvalue weighted by atomic mass is 9.95. The van der Waals surface area contributed by atoms with Crippen LogP contribution >= 0.6 is 0 Å². The molecule has 1 atom stereocenters. The molecule has 0 saturated carbocycles. The number of carbonyl (C=O) groups excluding carboxylic acids is 1. The zero-order chi connectivity index (χ0) is 16.6. The van der Waals surface area contributed by atoms with Crippen molar-refractivity contribution in [2.45, 2.75) is 25.0 Å². The minimum absolute atomic E-state index is 0.0419. The highest BCUT2D eigenvalue weighted by atomic mass is 16.5. The van der Waals surface area contributed by atoms with Crippen molar-refractivity contribution in [2.24, 2.45) is 22.2 Å². The Hall–Kier alpha value is -2.61. The number of hydrogen-bond donors (Lipinski definition) is 4.